The van der Waals surface area contributed by atoms with Crippen LogP contribution in [0.4, 0.5) is 0 Å². The zero-order chi connectivity index (χ0) is 15.5. The summed E-state index contributed by atoms with van der Waals surface area (Å²) in [5.41, 5.74) is 0.208. The fraction of sp³-hybridized carbons (Fsp3) is 0. The van der Waals surface area contributed by atoms with Crippen molar-refractivity contribution in [2.24, 2.45) is 0 Å². The molecule has 0 radical (unpaired) electrons. The van der Waals surface area contributed by atoms with E-state index in [0.29, 0.717) is 5.56 Å². The maximum absolute atomic E-state index is 12.2. The molecule has 0 aliphatic rings. The molecule has 0 saturated carbocycles. The average Bonchev–Trinajstić information content (AvgIpc) is 3.09. The Kier molecular flexibility index (Phi) is 3.49. The molecule has 0 spiro atoms. The Morgan fingerprint density at radius 2 is 1.82 bits per heavy atom. The van der Waals surface area contributed by atoms with Gasteiger partial charge in [-0.15, -0.1) is 0 Å². The molecule has 2 aromatic heterocycles. The molecule has 0 unspecified atom stereocenters. The fourth-order valence-corrected chi connectivity index (χ4v) is 1.98. The zero-order valence-corrected chi connectivity index (χ0v) is 11.3. The van der Waals surface area contributed by atoms with Crippen LogP contribution in [0, 0.1) is 0 Å². The van der Waals surface area contributed by atoms with Crippen molar-refractivity contribution in [1.29, 1.82) is 0 Å². The normalized spacial score (nSPS) is 10.4. The highest BCUT2D eigenvalue weighted by Gasteiger charge is 2.23. The molecule has 6 nitrogen and oxygen atoms in total. The van der Waals surface area contributed by atoms with Crippen molar-refractivity contribution in [3.05, 3.63) is 71.9 Å². The molecule has 2 heterocycles. The SMILES string of the molecule is O=C(c1ccco1)c1cnc(-c2ccccc2)nc1C(=O)O. The van der Waals surface area contributed by atoms with Crippen LogP contribution >= 0.6 is 0 Å². The number of nitrogens with zero attached hydrogens (tertiary/aromatic N) is 2. The first-order valence-corrected chi connectivity index (χ1v) is 6.41. The summed E-state index contributed by atoms with van der Waals surface area (Å²) in [7, 11) is 0. The van der Waals surface area contributed by atoms with Crippen LogP contribution < -0.4 is 0 Å². The Morgan fingerprint density at radius 1 is 1.05 bits per heavy atom. The van der Waals surface area contributed by atoms with E-state index in [2.05, 4.69) is 9.97 Å². The van der Waals surface area contributed by atoms with Gasteiger partial charge in [0.15, 0.2) is 17.3 Å². The van der Waals surface area contributed by atoms with Gasteiger partial charge >= 0.3 is 5.97 Å². The van der Waals surface area contributed by atoms with E-state index in [-0.39, 0.29) is 22.8 Å². The molecular formula is C16H10N2O4. The number of carboxylic acids is 1. The lowest BCUT2D eigenvalue weighted by molar-refractivity contribution is 0.0685. The van der Waals surface area contributed by atoms with Crippen LogP contribution in [0.25, 0.3) is 11.4 Å². The predicted molar refractivity (Wildman–Crippen MR) is 76.6 cm³/mol. The van der Waals surface area contributed by atoms with Crippen molar-refractivity contribution in [3.8, 4) is 11.4 Å². The number of hydrogen-bond acceptors (Lipinski definition) is 5. The first kappa shape index (κ1) is 13.7. The third-order valence-electron chi connectivity index (χ3n) is 3.01. The highest BCUT2D eigenvalue weighted by molar-refractivity contribution is 6.12. The smallest absolute Gasteiger partial charge is 0.355 e. The summed E-state index contributed by atoms with van der Waals surface area (Å²) in [6.45, 7) is 0. The summed E-state index contributed by atoms with van der Waals surface area (Å²) in [6.07, 6.45) is 2.55. The van der Waals surface area contributed by atoms with Gasteiger partial charge in [-0.25, -0.2) is 14.8 Å². The van der Waals surface area contributed by atoms with Crippen LogP contribution in [0.1, 0.15) is 26.6 Å². The van der Waals surface area contributed by atoms with Crippen molar-refractivity contribution in [2.75, 3.05) is 0 Å². The van der Waals surface area contributed by atoms with Gasteiger partial charge in [0, 0.05) is 11.8 Å². The van der Waals surface area contributed by atoms with Gasteiger partial charge in [0.05, 0.1) is 11.8 Å². The lowest BCUT2D eigenvalue weighted by Gasteiger charge is -2.05. The Balaban J connectivity index is 2.09. The van der Waals surface area contributed by atoms with Crippen molar-refractivity contribution in [1.82, 2.24) is 9.97 Å². The van der Waals surface area contributed by atoms with Gasteiger partial charge in [-0.2, -0.15) is 0 Å². The standard InChI is InChI=1S/C16H10N2O4/c19-14(12-7-4-8-22-12)11-9-17-15(18-13(11)16(20)21)10-5-2-1-3-6-10/h1-9H,(H,20,21). The number of carbonyl (C=O) groups is 2. The predicted octanol–water partition coefficient (Wildman–Crippen LogP) is 2.67. The lowest BCUT2D eigenvalue weighted by atomic mass is 10.1. The molecule has 6 heteroatoms. The van der Waals surface area contributed by atoms with E-state index in [1.807, 2.05) is 6.07 Å². The zero-order valence-electron chi connectivity index (χ0n) is 11.3. The number of hydrogen-bond donors (Lipinski definition) is 1. The van der Waals surface area contributed by atoms with Crippen LogP contribution in [-0.2, 0) is 0 Å². The van der Waals surface area contributed by atoms with Crippen molar-refractivity contribution >= 4 is 11.8 Å². The second-order valence-electron chi connectivity index (χ2n) is 4.43. The molecule has 0 aliphatic heterocycles. The summed E-state index contributed by atoms with van der Waals surface area (Å²) in [5.74, 6) is -1.58. The molecule has 0 amide bonds. The quantitative estimate of drug-likeness (QED) is 0.743. The minimum Gasteiger partial charge on any atom is -0.476 e. The van der Waals surface area contributed by atoms with E-state index in [0.717, 1.165) is 0 Å². The first-order chi connectivity index (χ1) is 10.7. The molecule has 0 aliphatic carbocycles. The number of benzene rings is 1. The molecule has 0 atom stereocenters. The maximum atomic E-state index is 12.2. The number of aromatic nitrogens is 2. The van der Waals surface area contributed by atoms with E-state index in [9.17, 15) is 14.7 Å². The average molecular weight is 294 g/mol. The number of aromatic carboxylic acids is 1. The van der Waals surface area contributed by atoms with Crippen molar-refractivity contribution in [3.63, 3.8) is 0 Å². The van der Waals surface area contributed by atoms with E-state index >= 15 is 0 Å². The Labute approximate surface area is 125 Å². The highest BCUT2D eigenvalue weighted by atomic mass is 16.4. The van der Waals surface area contributed by atoms with Crippen LogP contribution in [0.3, 0.4) is 0 Å². The van der Waals surface area contributed by atoms with Gasteiger partial charge < -0.3 is 9.52 Å². The number of furan rings is 1. The highest BCUT2D eigenvalue weighted by Crippen LogP contribution is 2.18. The van der Waals surface area contributed by atoms with Crippen molar-refractivity contribution in [2.45, 2.75) is 0 Å². The summed E-state index contributed by atoms with van der Waals surface area (Å²) >= 11 is 0. The summed E-state index contributed by atoms with van der Waals surface area (Å²) in [4.78, 5) is 31.7. The number of rotatable bonds is 4. The summed E-state index contributed by atoms with van der Waals surface area (Å²) in [6, 6.07) is 11.9. The Morgan fingerprint density at radius 3 is 2.45 bits per heavy atom. The van der Waals surface area contributed by atoms with E-state index in [1.165, 1.54) is 18.5 Å². The Hall–Kier alpha value is -3.28. The Bertz CT molecular complexity index is 827. The fourth-order valence-electron chi connectivity index (χ4n) is 1.98. The van der Waals surface area contributed by atoms with Crippen LogP contribution in [0.2, 0.25) is 0 Å². The monoisotopic (exact) mass is 294 g/mol. The van der Waals surface area contributed by atoms with E-state index in [1.54, 1.807) is 30.3 Å². The molecule has 3 rings (SSSR count). The van der Waals surface area contributed by atoms with E-state index < -0.39 is 11.8 Å². The van der Waals surface area contributed by atoms with E-state index in [4.69, 9.17) is 4.42 Å². The molecule has 108 valence electrons. The third-order valence-corrected chi connectivity index (χ3v) is 3.01. The lowest BCUT2D eigenvalue weighted by Crippen LogP contribution is -2.13. The molecule has 1 N–H and O–H groups in total. The molecule has 1 aromatic carbocycles. The van der Waals surface area contributed by atoms with Gasteiger partial charge in [0.2, 0.25) is 5.78 Å². The molecule has 3 aromatic rings. The number of carboxylic acid groups (broad SMARTS) is 1. The molecule has 22 heavy (non-hydrogen) atoms. The topological polar surface area (TPSA) is 93.3 Å². The second kappa shape index (κ2) is 5.61. The van der Waals surface area contributed by atoms with Gasteiger partial charge in [0.1, 0.15) is 0 Å². The number of ketones is 1. The maximum Gasteiger partial charge on any atom is 0.355 e. The molecule has 0 bridgehead atoms. The van der Waals surface area contributed by atoms with Gasteiger partial charge in [0.25, 0.3) is 0 Å². The second-order valence-corrected chi connectivity index (χ2v) is 4.43. The largest absolute Gasteiger partial charge is 0.476 e. The minimum atomic E-state index is -1.30. The number of carbonyl (C=O) groups excluding carboxylic acids is 1. The summed E-state index contributed by atoms with van der Waals surface area (Å²) < 4.78 is 5.00. The van der Waals surface area contributed by atoms with Gasteiger partial charge in [-0.3, -0.25) is 4.79 Å². The molecule has 0 fully saturated rings. The van der Waals surface area contributed by atoms with Crippen LogP contribution in [-0.4, -0.2) is 26.8 Å². The molecular weight excluding hydrogens is 284 g/mol. The molecule has 0 saturated heterocycles. The summed E-state index contributed by atoms with van der Waals surface area (Å²) in [5, 5.41) is 9.31. The first-order valence-electron chi connectivity index (χ1n) is 6.41. The van der Waals surface area contributed by atoms with Crippen molar-refractivity contribution < 1.29 is 19.1 Å². The van der Waals surface area contributed by atoms with Crippen LogP contribution in [0.15, 0.2) is 59.3 Å². The minimum absolute atomic E-state index is 0.0403. The van der Waals surface area contributed by atoms with Gasteiger partial charge in [-0.05, 0) is 12.1 Å². The van der Waals surface area contributed by atoms with Gasteiger partial charge in [-0.1, -0.05) is 30.3 Å². The van der Waals surface area contributed by atoms with Crippen LogP contribution in [0.5, 0.6) is 0 Å². The third kappa shape index (κ3) is 2.49.